The largest absolute Gasteiger partial charge is 0.550 e. The Morgan fingerprint density at radius 3 is 2.29 bits per heavy atom. The van der Waals surface area contributed by atoms with E-state index in [0.717, 1.165) is 6.42 Å². The van der Waals surface area contributed by atoms with Crippen molar-refractivity contribution in [2.45, 2.75) is 33.6 Å². The summed E-state index contributed by atoms with van der Waals surface area (Å²) in [7, 11) is 0. The summed E-state index contributed by atoms with van der Waals surface area (Å²) in [4.78, 5) is 21.1. The zero-order valence-electron chi connectivity index (χ0n) is 9.00. The molecule has 0 rings (SSSR count). The SMILES string of the molecule is CC(=O)NCC(CC(=O)[O-])CC(C)C. The minimum absolute atomic E-state index is 0.0124. The van der Waals surface area contributed by atoms with Crippen molar-refractivity contribution in [3.63, 3.8) is 0 Å². The summed E-state index contributed by atoms with van der Waals surface area (Å²) in [6.07, 6.45) is 0.798. The standard InChI is InChI=1S/C10H19NO3/c1-7(2)4-9(5-10(13)14)6-11-8(3)12/h7,9H,4-6H2,1-3H3,(H,11,12)(H,13,14)/p-1. The Balaban J connectivity index is 3.96. The van der Waals surface area contributed by atoms with Crippen molar-refractivity contribution >= 4 is 11.9 Å². The predicted octanol–water partition coefficient (Wildman–Crippen LogP) is -0.0752. The molecular weight excluding hydrogens is 182 g/mol. The average molecular weight is 200 g/mol. The third kappa shape index (κ3) is 7.58. The molecule has 0 spiro atoms. The second kappa shape index (κ2) is 6.40. The Kier molecular flexibility index (Phi) is 5.92. The number of nitrogens with one attached hydrogen (secondary N) is 1. The maximum atomic E-state index is 10.6. The Bertz CT molecular complexity index is 202. The Labute approximate surface area is 84.7 Å². The highest BCUT2D eigenvalue weighted by atomic mass is 16.4. The van der Waals surface area contributed by atoms with Crippen LogP contribution in [0.3, 0.4) is 0 Å². The molecule has 0 aliphatic carbocycles. The van der Waals surface area contributed by atoms with E-state index < -0.39 is 5.97 Å². The van der Waals surface area contributed by atoms with Crippen molar-refractivity contribution in [2.75, 3.05) is 6.54 Å². The number of rotatable bonds is 6. The van der Waals surface area contributed by atoms with Crippen LogP contribution in [-0.4, -0.2) is 18.4 Å². The Morgan fingerprint density at radius 2 is 1.93 bits per heavy atom. The number of carbonyl (C=O) groups is 2. The van der Waals surface area contributed by atoms with E-state index >= 15 is 0 Å². The van der Waals surface area contributed by atoms with E-state index in [1.165, 1.54) is 6.92 Å². The molecule has 0 aromatic rings. The number of carboxylic acid groups (broad SMARTS) is 1. The van der Waals surface area contributed by atoms with Crippen molar-refractivity contribution < 1.29 is 14.7 Å². The van der Waals surface area contributed by atoms with Gasteiger partial charge in [-0.3, -0.25) is 4.79 Å². The lowest BCUT2D eigenvalue weighted by Gasteiger charge is -2.19. The summed E-state index contributed by atoms with van der Waals surface area (Å²) in [5.74, 6) is -0.782. The van der Waals surface area contributed by atoms with Crippen LogP contribution in [0.25, 0.3) is 0 Å². The molecule has 0 aliphatic heterocycles. The molecule has 1 N–H and O–H groups in total. The zero-order valence-corrected chi connectivity index (χ0v) is 9.00. The van der Waals surface area contributed by atoms with Crippen LogP contribution in [0.4, 0.5) is 0 Å². The number of aliphatic carboxylic acids is 1. The highest BCUT2D eigenvalue weighted by Gasteiger charge is 2.11. The van der Waals surface area contributed by atoms with Crippen LogP contribution < -0.4 is 10.4 Å². The van der Waals surface area contributed by atoms with Gasteiger partial charge in [0.15, 0.2) is 0 Å². The molecule has 4 heteroatoms. The summed E-state index contributed by atoms with van der Waals surface area (Å²) in [5.41, 5.74) is 0. The minimum Gasteiger partial charge on any atom is -0.550 e. The van der Waals surface area contributed by atoms with Crippen molar-refractivity contribution in [3.05, 3.63) is 0 Å². The van der Waals surface area contributed by atoms with Gasteiger partial charge in [-0.2, -0.15) is 0 Å². The molecule has 0 fully saturated rings. The number of amides is 1. The van der Waals surface area contributed by atoms with E-state index in [1.807, 2.05) is 13.8 Å². The molecule has 4 nitrogen and oxygen atoms in total. The van der Waals surface area contributed by atoms with Crippen LogP contribution in [0.15, 0.2) is 0 Å². The molecule has 0 aromatic carbocycles. The molecule has 0 aliphatic rings. The third-order valence-electron chi connectivity index (χ3n) is 1.90. The summed E-state index contributed by atoms with van der Waals surface area (Å²) < 4.78 is 0. The molecule has 1 atom stereocenters. The maximum absolute atomic E-state index is 10.6. The van der Waals surface area contributed by atoms with E-state index in [0.29, 0.717) is 12.5 Å². The highest BCUT2D eigenvalue weighted by Crippen LogP contribution is 2.14. The fourth-order valence-electron chi connectivity index (χ4n) is 1.43. The van der Waals surface area contributed by atoms with Gasteiger partial charge in [0.2, 0.25) is 5.91 Å². The van der Waals surface area contributed by atoms with Crippen molar-refractivity contribution in [3.8, 4) is 0 Å². The molecule has 1 unspecified atom stereocenters. The number of carboxylic acids is 1. The summed E-state index contributed by atoms with van der Waals surface area (Å²) in [5, 5.41) is 13.0. The monoisotopic (exact) mass is 200 g/mol. The molecule has 0 aromatic heterocycles. The molecule has 1 amide bonds. The summed E-state index contributed by atoms with van der Waals surface area (Å²) >= 11 is 0. The van der Waals surface area contributed by atoms with E-state index in [4.69, 9.17) is 0 Å². The van der Waals surface area contributed by atoms with Crippen LogP contribution in [0.1, 0.15) is 33.6 Å². The number of carbonyl (C=O) groups excluding carboxylic acids is 2. The van der Waals surface area contributed by atoms with Crippen molar-refractivity contribution in [1.29, 1.82) is 0 Å². The van der Waals surface area contributed by atoms with Gasteiger partial charge in [0.05, 0.1) is 0 Å². The predicted molar refractivity (Wildman–Crippen MR) is 51.3 cm³/mol. The summed E-state index contributed by atoms with van der Waals surface area (Å²) in [6, 6.07) is 0. The fourth-order valence-corrected chi connectivity index (χ4v) is 1.43. The van der Waals surface area contributed by atoms with Crippen molar-refractivity contribution in [1.82, 2.24) is 5.32 Å². The van der Waals surface area contributed by atoms with E-state index in [-0.39, 0.29) is 18.2 Å². The fraction of sp³-hybridized carbons (Fsp3) is 0.800. The van der Waals surface area contributed by atoms with Crippen LogP contribution in [0.2, 0.25) is 0 Å². The Morgan fingerprint density at radius 1 is 1.36 bits per heavy atom. The lowest BCUT2D eigenvalue weighted by Crippen LogP contribution is -2.33. The minimum atomic E-state index is -1.05. The second-order valence-electron chi connectivity index (χ2n) is 4.01. The second-order valence-corrected chi connectivity index (χ2v) is 4.01. The summed E-state index contributed by atoms with van der Waals surface area (Å²) in [6.45, 7) is 5.89. The van der Waals surface area contributed by atoms with Gasteiger partial charge in [-0.25, -0.2) is 0 Å². The topological polar surface area (TPSA) is 69.2 Å². The van der Waals surface area contributed by atoms with Gasteiger partial charge in [-0.15, -0.1) is 0 Å². The molecule has 0 bridgehead atoms. The van der Waals surface area contributed by atoms with Gasteiger partial charge >= 0.3 is 0 Å². The highest BCUT2D eigenvalue weighted by molar-refractivity contribution is 5.72. The molecule has 0 radical (unpaired) electrons. The first-order chi connectivity index (χ1) is 6.41. The van der Waals surface area contributed by atoms with Gasteiger partial charge < -0.3 is 15.2 Å². The van der Waals surface area contributed by atoms with E-state index in [1.54, 1.807) is 0 Å². The molecule has 82 valence electrons. The molecule has 14 heavy (non-hydrogen) atoms. The van der Waals surface area contributed by atoms with Crippen LogP contribution in [0, 0.1) is 11.8 Å². The first-order valence-corrected chi connectivity index (χ1v) is 4.86. The normalized spacial score (nSPS) is 12.6. The van der Waals surface area contributed by atoms with Gasteiger partial charge in [-0.05, 0) is 24.7 Å². The zero-order chi connectivity index (χ0) is 11.1. The maximum Gasteiger partial charge on any atom is 0.216 e. The Hall–Kier alpha value is -1.06. The van der Waals surface area contributed by atoms with Crippen LogP contribution in [-0.2, 0) is 9.59 Å². The first-order valence-electron chi connectivity index (χ1n) is 4.86. The van der Waals surface area contributed by atoms with Crippen molar-refractivity contribution in [2.24, 2.45) is 11.8 Å². The van der Waals surface area contributed by atoms with Gasteiger partial charge in [0, 0.05) is 19.4 Å². The number of hydrogen-bond donors (Lipinski definition) is 1. The molecule has 0 saturated carbocycles. The first kappa shape index (κ1) is 12.9. The van der Waals surface area contributed by atoms with Gasteiger partial charge in [-0.1, -0.05) is 13.8 Å². The lowest BCUT2D eigenvalue weighted by molar-refractivity contribution is -0.306. The van der Waals surface area contributed by atoms with E-state index in [2.05, 4.69) is 5.32 Å². The van der Waals surface area contributed by atoms with Gasteiger partial charge in [0.25, 0.3) is 0 Å². The van der Waals surface area contributed by atoms with Crippen LogP contribution >= 0.6 is 0 Å². The van der Waals surface area contributed by atoms with E-state index in [9.17, 15) is 14.7 Å². The quantitative estimate of drug-likeness (QED) is 0.652. The third-order valence-corrected chi connectivity index (χ3v) is 1.90. The number of hydrogen-bond acceptors (Lipinski definition) is 3. The smallest absolute Gasteiger partial charge is 0.216 e. The molecular formula is C10H18NO3-. The lowest BCUT2D eigenvalue weighted by atomic mass is 9.94. The van der Waals surface area contributed by atoms with Crippen LogP contribution in [0.5, 0.6) is 0 Å². The molecule has 0 saturated heterocycles. The molecule has 0 heterocycles. The average Bonchev–Trinajstić information content (AvgIpc) is 1.97. The van der Waals surface area contributed by atoms with Gasteiger partial charge in [0.1, 0.15) is 0 Å².